The topological polar surface area (TPSA) is 57.7 Å². The summed E-state index contributed by atoms with van der Waals surface area (Å²) in [7, 11) is 0. The second-order valence-electron chi connectivity index (χ2n) is 8.28. The third-order valence-corrected chi connectivity index (χ3v) is 7.50. The zero-order valence-corrected chi connectivity index (χ0v) is 17.9. The van der Waals surface area contributed by atoms with Gasteiger partial charge in [-0.15, -0.1) is 11.3 Å². The number of para-hydroxylation sites is 1. The molecule has 1 aromatic heterocycles. The maximum absolute atomic E-state index is 13.6. The van der Waals surface area contributed by atoms with Gasteiger partial charge in [0.1, 0.15) is 6.04 Å². The van der Waals surface area contributed by atoms with Crippen molar-refractivity contribution in [2.75, 3.05) is 11.4 Å². The molecular weight excluding hydrogens is 396 g/mol. The minimum Gasteiger partial charge on any atom is -0.352 e. The minimum atomic E-state index is -0.660. The van der Waals surface area contributed by atoms with Gasteiger partial charge in [-0.05, 0) is 36.4 Å². The first-order valence-electron chi connectivity index (χ1n) is 10.5. The van der Waals surface area contributed by atoms with Crippen molar-refractivity contribution in [2.24, 2.45) is 11.8 Å². The Morgan fingerprint density at radius 1 is 1.07 bits per heavy atom. The molecule has 2 saturated heterocycles. The fraction of sp³-hybridized carbons (Fsp3) is 0.375. The predicted molar refractivity (Wildman–Crippen MR) is 117 cm³/mol. The molecule has 3 aliphatic heterocycles. The summed E-state index contributed by atoms with van der Waals surface area (Å²) in [6, 6.07) is 10.7. The van der Waals surface area contributed by atoms with Gasteiger partial charge in [0.15, 0.2) is 5.78 Å². The van der Waals surface area contributed by atoms with Gasteiger partial charge in [-0.25, -0.2) is 0 Å². The van der Waals surface area contributed by atoms with Crippen molar-refractivity contribution >= 4 is 40.2 Å². The van der Waals surface area contributed by atoms with Crippen LogP contribution in [-0.4, -0.2) is 41.1 Å². The summed E-state index contributed by atoms with van der Waals surface area (Å²) in [6.45, 7) is 4.52. The number of nitrogens with zero attached hydrogens (tertiary/aromatic N) is 2. The molecule has 30 heavy (non-hydrogen) atoms. The first-order valence-corrected chi connectivity index (χ1v) is 11.4. The number of ketones is 1. The van der Waals surface area contributed by atoms with Crippen molar-refractivity contribution in [2.45, 2.75) is 38.8 Å². The van der Waals surface area contributed by atoms with E-state index in [9.17, 15) is 14.4 Å². The van der Waals surface area contributed by atoms with Gasteiger partial charge >= 0.3 is 0 Å². The van der Waals surface area contributed by atoms with Gasteiger partial charge in [0.2, 0.25) is 11.8 Å². The van der Waals surface area contributed by atoms with E-state index in [1.54, 1.807) is 0 Å². The van der Waals surface area contributed by atoms with Gasteiger partial charge in [-0.1, -0.05) is 43.7 Å². The van der Waals surface area contributed by atoms with E-state index in [2.05, 4.69) is 6.08 Å². The molecule has 2 aromatic rings. The Kier molecular flexibility index (Phi) is 4.62. The quantitative estimate of drug-likeness (QED) is 0.542. The summed E-state index contributed by atoms with van der Waals surface area (Å²) in [4.78, 5) is 44.5. The van der Waals surface area contributed by atoms with E-state index in [4.69, 9.17) is 0 Å². The molecule has 3 aliphatic rings. The lowest BCUT2D eigenvalue weighted by Crippen LogP contribution is -2.49. The molecule has 0 saturated carbocycles. The Labute approximate surface area is 180 Å². The predicted octanol–water partition coefficient (Wildman–Crippen LogP) is 4.01. The van der Waals surface area contributed by atoms with Crippen molar-refractivity contribution in [3.05, 3.63) is 58.3 Å². The van der Waals surface area contributed by atoms with Crippen LogP contribution < -0.4 is 4.90 Å². The number of fused-ring (bicyclic) bond motifs is 5. The fourth-order valence-corrected chi connectivity index (χ4v) is 5.96. The summed E-state index contributed by atoms with van der Waals surface area (Å²) in [5, 5.41) is 1.88. The number of imide groups is 1. The second-order valence-corrected chi connectivity index (χ2v) is 9.23. The average Bonchev–Trinajstić information content (AvgIpc) is 3.44. The number of Topliss-reactive ketones (excluding diaryl/α,β-unsaturated/α-hetero) is 1. The monoisotopic (exact) mass is 420 g/mol. The molecular formula is C24H24N2O3S. The van der Waals surface area contributed by atoms with Crippen LogP contribution in [-0.2, 0) is 9.59 Å². The van der Waals surface area contributed by atoms with E-state index in [0.29, 0.717) is 11.4 Å². The van der Waals surface area contributed by atoms with Crippen molar-refractivity contribution in [1.82, 2.24) is 4.90 Å². The van der Waals surface area contributed by atoms with Crippen LogP contribution in [0.2, 0.25) is 0 Å². The highest BCUT2D eigenvalue weighted by molar-refractivity contribution is 7.12. The number of rotatable bonds is 5. The molecule has 0 N–H and O–H groups in total. The molecule has 6 heteroatoms. The number of anilines is 1. The number of hydrogen-bond donors (Lipinski definition) is 0. The summed E-state index contributed by atoms with van der Waals surface area (Å²) < 4.78 is 0. The van der Waals surface area contributed by atoms with Crippen LogP contribution >= 0.6 is 11.3 Å². The highest BCUT2D eigenvalue weighted by atomic mass is 32.1. The largest absolute Gasteiger partial charge is 0.352 e. The molecule has 0 spiro atoms. The zero-order chi connectivity index (χ0) is 21.0. The van der Waals surface area contributed by atoms with E-state index in [1.165, 1.54) is 16.2 Å². The van der Waals surface area contributed by atoms with Gasteiger partial charge in [-0.2, -0.15) is 0 Å². The SMILES string of the molecule is CCCCN1C(=O)[C@@H]2[C@H](C1=O)[C@@H](C(=O)c1cccs1)N1c3ccccc3C(C)=C[C@H]21. The molecule has 0 unspecified atom stereocenters. The number of unbranched alkanes of at least 4 members (excludes halogenated alkanes) is 1. The lowest BCUT2D eigenvalue weighted by molar-refractivity contribution is -0.140. The van der Waals surface area contributed by atoms with Crippen LogP contribution in [0.4, 0.5) is 5.69 Å². The van der Waals surface area contributed by atoms with Crippen LogP contribution in [0.5, 0.6) is 0 Å². The molecule has 4 atom stereocenters. The van der Waals surface area contributed by atoms with Crippen molar-refractivity contribution < 1.29 is 14.4 Å². The number of allylic oxidation sites excluding steroid dienone is 1. The number of carbonyl (C=O) groups excluding carboxylic acids is 3. The molecule has 5 nitrogen and oxygen atoms in total. The number of amides is 2. The fourth-order valence-electron chi connectivity index (χ4n) is 5.26. The first-order chi connectivity index (χ1) is 14.5. The molecule has 4 heterocycles. The first kappa shape index (κ1) is 19.2. The summed E-state index contributed by atoms with van der Waals surface area (Å²) >= 11 is 1.39. The molecule has 2 amide bonds. The third-order valence-electron chi connectivity index (χ3n) is 6.61. The Balaban J connectivity index is 1.65. The van der Waals surface area contributed by atoms with Gasteiger partial charge in [0, 0.05) is 17.8 Å². The van der Waals surface area contributed by atoms with E-state index in [1.807, 2.05) is 60.5 Å². The van der Waals surface area contributed by atoms with Gasteiger partial charge in [0.05, 0.1) is 22.8 Å². The number of benzene rings is 1. The maximum atomic E-state index is 13.6. The molecule has 1 aromatic carbocycles. The minimum absolute atomic E-state index is 0.0660. The molecule has 0 bridgehead atoms. The number of likely N-dealkylation sites (tertiary alicyclic amines) is 1. The number of hydrogen-bond acceptors (Lipinski definition) is 5. The van der Waals surface area contributed by atoms with Gasteiger partial charge in [0.25, 0.3) is 0 Å². The molecule has 0 aliphatic carbocycles. The molecule has 154 valence electrons. The van der Waals surface area contributed by atoms with Gasteiger partial charge < -0.3 is 4.90 Å². The van der Waals surface area contributed by atoms with Crippen LogP contribution in [0.25, 0.3) is 5.57 Å². The summed E-state index contributed by atoms with van der Waals surface area (Å²) in [5.41, 5.74) is 3.08. The zero-order valence-electron chi connectivity index (χ0n) is 17.1. The van der Waals surface area contributed by atoms with Crippen LogP contribution in [0, 0.1) is 11.8 Å². The third kappa shape index (κ3) is 2.63. The summed E-state index contributed by atoms with van der Waals surface area (Å²) in [6.07, 6.45) is 3.77. The molecule has 2 fully saturated rings. The van der Waals surface area contributed by atoms with E-state index >= 15 is 0 Å². The van der Waals surface area contributed by atoms with Crippen LogP contribution in [0.3, 0.4) is 0 Å². The maximum Gasteiger partial charge on any atom is 0.235 e. The van der Waals surface area contributed by atoms with Crippen molar-refractivity contribution in [3.8, 4) is 0 Å². The van der Waals surface area contributed by atoms with Crippen LogP contribution in [0.15, 0.2) is 47.9 Å². The number of thiophene rings is 1. The normalized spacial score (nSPS) is 27.1. The Morgan fingerprint density at radius 2 is 1.83 bits per heavy atom. The number of carbonyl (C=O) groups is 3. The highest BCUT2D eigenvalue weighted by Gasteiger charge is 2.64. The van der Waals surface area contributed by atoms with E-state index < -0.39 is 17.9 Å². The lowest BCUT2D eigenvalue weighted by atomic mass is 9.86. The molecule has 5 rings (SSSR count). The second kappa shape index (κ2) is 7.20. The van der Waals surface area contributed by atoms with E-state index in [0.717, 1.165) is 29.7 Å². The van der Waals surface area contributed by atoms with Crippen molar-refractivity contribution in [1.29, 1.82) is 0 Å². The van der Waals surface area contributed by atoms with Crippen molar-refractivity contribution in [3.63, 3.8) is 0 Å². The standard InChI is InChI=1S/C24H24N2O3S/c1-3-4-11-25-23(28)19-17-13-14(2)15-8-5-6-9-16(15)26(17)21(20(19)24(25)29)22(27)18-10-7-12-30-18/h5-10,12-13,17,19-21H,3-4,11H2,1-2H3/t17-,19+,20+,21+/m1/s1. The summed E-state index contributed by atoms with van der Waals surface area (Å²) in [5.74, 6) is -1.52. The molecule has 0 radical (unpaired) electrons. The average molecular weight is 421 g/mol. The Bertz CT molecular complexity index is 1060. The Morgan fingerprint density at radius 3 is 2.57 bits per heavy atom. The highest BCUT2D eigenvalue weighted by Crippen LogP contribution is 2.50. The smallest absolute Gasteiger partial charge is 0.235 e. The van der Waals surface area contributed by atoms with Crippen LogP contribution in [0.1, 0.15) is 41.9 Å². The Hall–Kier alpha value is -2.73. The van der Waals surface area contributed by atoms with Gasteiger partial charge in [-0.3, -0.25) is 19.3 Å². The lowest BCUT2D eigenvalue weighted by Gasteiger charge is -2.37. The van der Waals surface area contributed by atoms with E-state index in [-0.39, 0.29) is 23.6 Å².